The maximum absolute atomic E-state index is 5.33. The fourth-order valence-electron chi connectivity index (χ4n) is 2.38. The van der Waals surface area contributed by atoms with E-state index in [4.69, 9.17) is 14.5 Å². The van der Waals surface area contributed by atoms with Gasteiger partial charge in [-0.25, -0.2) is 0 Å². The minimum atomic E-state index is 0.498. The number of hydrogen-bond acceptors (Lipinski definition) is 3. The van der Waals surface area contributed by atoms with Crippen molar-refractivity contribution in [2.45, 2.75) is 38.1 Å². The van der Waals surface area contributed by atoms with E-state index < -0.39 is 0 Å². The van der Waals surface area contributed by atoms with Gasteiger partial charge in [0.2, 0.25) is 0 Å². The number of nitrogens with zero attached hydrogens (tertiary/aromatic N) is 1. The molecule has 0 heterocycles. The van der Waals surface area contributed by atoms with E-state index in [-0.39, 0.29) is 0 Å². The zero-order valence-corrected chi connectivity index (χ0v) is 13.6. The zero-order chi connectivity index (χ0) is 13.7. The average Bonchev–Trinajstić information content (AvgIpc) is 2.46. The maximum Gasteiger partial charge on any atom is 0.161 e. The predicted octanol–water partition coefficient (Wildman–Crippen LogP) is 4.06. The van der Waals surface area contributed by atoms with Gasteiger partial charge in [-0.3, -0.25) is 4.99 Å². The summed E-state index contributed by atoms with van der Waals surface area (Å²) < 4.78 is 11.8. The monoisotopic (exact) mass is 373 g/mol. The number of hydrogen-bond donors (Lipinski definition) is 0. The Balaban J connectivity index is 2.17. The van der Waals surface area contributed by atoms with Crippen molar-refractivity contribution in [3.63, 3.8) is 0 Å². The summed E-state index contributed by atoms with van der Waals surface area (Å²) in [6.07, 6.45) is 8.41. The van der Waals surface area contributed by atoms with Crippen molar-refractivity contribution in [2.75, 3.05) is 14.2 Å². The standard InChI is InChI=1S/C15H20INO2/c1-18-14-8-11(13(16)9-15(14)19-2)10-17-12-6-4-3-5-7-12/h8-10,12H,3-7H2,1-2H3. The van der Waals surface area contributed by atoms with Gasteiger partial charge >= 0.3 is 0 Å². The zero-order valence-electron chi connectivity index (χ0n) is 11.5. The van der Waals surface area contributed by atoms with E-state index in [1.165, 1.54) is 32.1 Å². The molecular weight excluding hydrogens is 353 g/mol. The Morgan fingerprint density at radius 2 is 1.74 bits per heavy atom. The Hall–Kier alpha value is -0.780. The summed E-state index contributed by atoms with van der Waals surface area (Å²) in [6, 6.07) is 4.48. The quantitative estimate of drug-likeness (QED) is 0.589. The molecule has 4 heteroatoms. The fraction of sp³-hybridized carbons (Fsp3) is 0.533. The molecular formula is C15H20INO2. The highest BCUT2D eigenvalue weighted by atomic mass is 127. The molecule has 1 saturated carbocycles. The highest BCUT2D eigenvalue weighted by Crippen LogP contribution is 2.31. The summed E-state index contributed by atoms with van der Waals surface area (Å²) in [4.78, 5) is 4.72. The van der Waals surface area contributed by atoms with Crippen molar-refractivity contribution in [3.05, 3.63) is 21.3 Å². The molecule has 0 aromatic heterocycles. The summed E-state index contributed by atoms with van der Waals surface area (Å²) in [6.45, 7) is 0. The molecule has 0 amide bonds. The van der Waals surface area contributed by atoms with Gasteiger partial charge in [-0.15, -0.1) is 0 Å². The minimum absolute atomic E-state index is 0.498. The third kappa shape index (κ3) is 3.84. The normalized spacial score (nSPS) is 16.8. The molecule has 0 saturated heterocycles. The molecule has 0 aliphatic heterocycles. The van der Waals surface area contributed by atoms with Gasteiger partial charge in [0.1, 0.15) is 0 Å². The van der Waals surface area contributed by atoms with Crippen molar-refractivity contribution in [1.29, 1.82) is 0 Å². The molecule has 3 nitrogen and oxygen atoms in total. The highest BCUT2D eigenvalue weighted by molar-refractivity contribution is 14.1. The summed E-state index contributed by atoms with van der Waals surface area (Å²) in [5.74, 6) is 1.52. The van der Waals surface area contributed by atoms with E-state index >= 15 is 0 Å². The first-order chi connectivity index (χ1) is 9.24. The molecule has 0 atom stereocenters. The molecule has 0 unspecified atom stereocenters. The highest BCUT2D eigenvalue weighted by Gasteiger charge is 2.12. The maximum atomic E-state index is 5.33. The Labute approximate surface area is 128 Å². The van der Waals surface area contributed by atoms with Crippen LogP contribution in [0.4, 0.5) is 0 Å². The van der Waals surface area contributed by atoms with Gasteiger partial charge in [-0.1, -0.05) is 19.3 Å². The van der Waals surface area contributed by atoms with Crippen molar-refractivity contribution in [2.24, 2.45) is 4.99 Å². The summed E-state index contributed by atoms with van der Waals surface area (Å²) in [7, 11) is 3.32. The molecule has 1 aliphatic carbocycles. The van der Waals surface area contributed by atoms with Crippen LogP contribution in [-0.2, 0) is 0 Å². The van der Waals surface area contributed by atoms with Crippen LogP contribution in [0.5, 0.6) is 11.5 Å². The fourth-order valence-corrected chi connectivity index (χ4v) is 2.96. The SMILES string of the molecule is COc1cc(I)c(C=NC2CCCCC2)cc1OC. The Morgan fingerprint density at radius 3 is 2.37 bits per heavy atom. The first kappa shape index (κ1) is 14.6. The average molecular weight is 373 g/mol. The van der Waals surface area contributed by atoms with Gasteiger partial charge in [-0.05, 0) is 47.6 Å². The van der Waals surface area contributed by atoms with Crippen LogP contribution in [0.25, 0.3) is 0 Å². The van der Waals surface area contributed by atoms with Crippen LogP contribution in [0.3, 0.4) is 0 Å². The smallest absolute Gasteiger partial charge is 0.161 e. The lowest BCUT2D eigenvalue weighted by Gasteiger charge is -2.17. The molecule has 2 rings (SSSR count). The molecule has 19 heavy (non-hydrogen) atoms. The number of rotatable bonds is 4. The Morgan fingerprint density at radius 1 is 1.11 bits per heavy atom. The molecule has 1 aromatic carbocycles. The summed E-state index contributed by atoms with van der Waals surface area (Å²) in [5.41, 5.74) is 1.10. The first-order valence-corrected chi connectivity index (χ1v) is 7.77. The van der Waals surface area contributed by atoms with E-state index in [0.29, 0.717) is 6.04 Å². The Kier molecular flexibility index (Phi) is 5.48. The molecule has 1 aliphatic rings. The third-order valence-electron chi connectivity index (χ3n) is 3.50. The lowest BCUT2D eigenvalue weighted by atomic mass is 9.96. The minimum Gasteiger partial charge on any atom is -0.493 e. The summed E-state index contributed by atoms with van der Waals surface area (Å²) in [5, 5.41) is 0. The number of halogens is 1. The number of benzene rings is 1. The second kappa shape index (κ2) is 7.12. The molecule has 0 radical (unpaired) electrons. The van der Waals surface area contributed by atoms with E-state index in [1.54, 1.807) is 14.2 Å². The number of aliphatic imine (C=N–C) groups is 1. The molecule has 1 aromatic rings. The van der Waals surface area contributed by atoms with Crippen LogP contribution in [0.2, 0.25) is 0 Å². The molecule has 0 spiro atoms. The van der Waals surface area contributed by atoms with Crippen LogP contribution in [0.15, 0.2) is 17.1 Å². The van der Waals surface area contributed by atoms with Gasteiger partial charge in [-0.2, -0.15) is 0 Å². The third-order valence-corrected chi connectivity index (χ3v) is 4.44. The number of ether oxygens (including phenoxy) is 2. The van der Waals surface area contributed by atoms with E-state index in [0.717, 1.165) is 20.6 Å². The van der Waals surface area contributed by atoms with Crippen LogP contribution < -0.4 is 9.47 Å². The van der Waals surface area contributed by atoms with Crippen LogP contribution in [0, 0.1) is 3.57 Å². The van der Waals surface area contributed by atoms with E-state index in [1.807, 2.05) is 18.3 Å². The van der Waals surface area contributed by atoms with Crippen LogP contribution >= 0.6 is 22.6 Å². The first-order valence-electron chi connectivity index (χ1n) is 6.69. The van der Waals surface area contributed by atoms with E-state index in [9.17, 15) is 0 Å². The molecule has 0 bridgehead atoms. The van der Waals surface area contributed by atoms with Crippen molar-refractivity contribution in [3.8, 4) is 11.5 Å². The Bertz CT molecular complexity index is 454. The van der Waals surface area contributed by atoms with Crippen LogP contribution in [-0.4, -0.2) is 26.5 Å². The van der Waals surface area contributed by atoms with Gasteiger partial charge in [0, 0.05) is 21.4 Å². The topological polar surface area (TPSA) is 30.8 Å². The van der Waals surface area contributed by atoms with E-state index in [2.05, 4.69) is 22.6 Å². The second-order valence-corrected chi connectivity index (χ2v) is 5.96. The van der Waals surface area contributed by atoms with Crippen molar-refractivity contribution in [1.82, 2.24) is 0 Å². The van der Waals surface area contributed by atoms with Gasteiger partial charge < -0.3 is 9.47 Å². The summed E-state index contributed by atoms with van der Waals surface area (Å²) >= 11 is 2.31. The lowest BCUT2D eigenvalue weighted by molar-refractivity contribution is 0.354. The van der Waals surface area contributed by atoms with Gasteiger partial charge in [0.25, 0.3) is 0 Å². The number of methoxy groups -OCH3 is 2. The molecule has 1 fully saturated rings. The van der Waals surface area contributed by atoms with Crippen molar-refractivity contribution >= 4 is 28.8 Å². The van der Waals surface area contributed by atoms with Crippen LogP contribution in [0.1, 0.15) is 37.7 Å². The molecule has 104 valence electrons. The van der Waals surface area contributed by atoms with Gasteiger partial charge in [0.05, 0.1) is 14.2 Å². The van der Waals surface area contributed by atoms with Crippen molar-refractivity contribution < 1.29 is 9.47 Å². The molecule has 0 N–H and O–H groups in total. The predicted molar refractivity (Wildman–Crippen MR) is 86.7 cm³/mol. The lowest BCUT2D eigenvalue weighted by Crippen LogP contribution is -2.09. The van der Waals surface area contributed by atoms with Gasteiger partial charge in [0.15, 0.2) is 11.5 Å². The largest absolute Gasteiger partial charge is 0.493 e. The second-order valence-electron chi connectivity index (χ2n) is 4.80.